The van der Waals surface area contributed by atoms with Crippen LogP contribution in [0.3, 0.4) is 0 Å². The molecule has 5 rings (SSSR count). The minimum atomic E-state index is -0.113. The summed E-state index contributed by atoms with van der Waals surface area (Å²) in [4.78, 5) is 27.9. The number of carbonyl (C=O) groups is 2. The summed E-state index contributed by atoms with van der Waals surface area (Å²) in [6.07, 6.45) is 2.65. The fourth-order valence-corrected chi connectivity index (χ4v) is 4.17. The molecule has 0 spiro atoms. The predicted octanol–water partition coefficient (Wildman–Crippen LogP) is 4.49. The van der Waals surface area contributed by atoms with Gasteiger partial charge >= 0.3 is 0 Å². The van der Waals surface area contributed by atoms with Gasteiger partial charge in [-0.25, -0.2) is 0 Å². The second kappa shape index (κ2) is 8.11. The van der Waals surface area contributed by atoms with Crippen molar-refractivity contribution in [3.8, 4) is 5.75 Å². The molecule has 0 bridgehead atoms. The fourth-order valence-electron chi connectivity index (χ4n) is 4.17. The van der Waals surface area contributed by atoms with Crippen LogP contribution in [0.2, 0.25) is 0 Å². The number of rotatable bonds is 6. The molecule has 0 saturated heterocycles. The van der Waals surface area contributed by atoms with E-state index in [0.29, 0.717) is 17.9 Å². The molecule has 1 aliphatic heterocycles. The Kier molecular flexibility index (Phi) is 5.00. The minimum absolute atomic E-state index is 0.0187. The number of hydrogen-bond donors (Lipinski definition) is 0. The van der Waals surface area contributed by atoms with Crippen LogP contribution < -0.4 is 9.64 Å². The molecule has 1 aromatic heterocycles. The van der Waals surface area contributed by atoms with Gasteiger partial charge in [0.15, 0.2) is 6.61 Å². The van der Waals surface area contributed by atoms with E-state index in [-0.39, 0.29) is 24.8 Å². The number of ether oxygens (including phenoxy) is 1. The molecule has 0 radical (unpaired) electrons. The molecule has 0 fully saturated rings. The normalized spacial score (nSPS) is 12.7. The number of aromatic nitrogens is 1. The summed E-state index contributed by atoms with van der Waals surface area (Å²) in [7, 11) is 0. The van der Waals surface area contributed by atoms with Gasteiger partial charge in [0, 0.05) is 34.9 Å². The van der Waals surface area contributed by atoms with Gasteiger partial charge in [0.2, 0.25) is 11.7 Å². The van der Waals surface area contributed by atoms with E-state index in [2.05, 4.69) is 6.07 Å². The predicted molar refractivity (Wildman–Crippen MR) is 121 cm³/mol. The number of Topliss-reactive ketones (excluding diaryl/α,β-unsaturated/α-hetero) is 1. The smallest absolute Gasteiger partial charge is 0.246 e. The summed E-state index contributed by atoms with van der Waals surface area (Å²) in [6, 6.07) is 25.0. The lowest BCUT2D eigenvalue weighted by molar-refractivity contribution is -0.119. The van der Waals surface area contributed by atoms with Gasteiger partial charge in [-0.05, 0) is 36.2 Å². The Morgan fingerprint density at radius 2 is 1.61 bits per heavy atom. The first-order chi connectivity index (χ1) is 15.2. The Balaban J connectivity index is 1.39. The quantitative estimate of drug-likeness (QED) is 0.440. The van der Waals surface area contributed by atoms with Gasteiger partial charge in [0.25, 0.3) is 0 Å². The zero-order chi connectivity index (χ0) is 21.2. The number of carbonyl (C=O) groups excluding carboxylic acids is 2. The van der Waals surface area contributed by atoms with Crippen LogP contribution in [0.5, 0.6) is 5.75 Å². The monoisotopic (exact) mass is 410 g/mol. The third kappa shape index (κ3) is 3.70. The van der Waals surface area contributed by atoms with Gasteiger partial charge < -0.3 is 14.2 Å². The Bertz CT molecular complexity index is 1260. The van der Waals surface area contributed by atoms with Crippen molar-refractivity contribution in [3.63, 3.8) is 0 Å². The summed E-state index contributed by atoms with van der Waals surface area (Å²) in [5.41, 5.74) is 3.62. The number of para-hydroxylation sites is 3. The number of nitrogens with zero attached hydrogens (tertiary/aromatic N) is 2. The average Bonchev–Trinajstić information content (AvgIpc) is 3.40. The highest BCUT2D eigenvalue weighted by Crippen LogP contribution is 2.28. The molecule has 0 saturated carbocycles. The number of ketones is 1. The first-order valence-electron chi connectivity index (χ1n) is 10.4. The van der Waals surface area contributed by atoms with Crippen LogP contribution in [0.15, 0.2) is 85.1 Å². The number of benzene rings is 3. The lowest BCUT2D eigenvalue weighted by atomic mass is 10.1. The van der Waals surface area contributed by atoms with E-state index >= 15 is 0 Å². The molecule has 0 atom stereocenters. The van der Waals surface area contributed by atoms with E-state index in [9.17, 15) is 9.59 Å². The minimum Gasteiger partial charge on any atom is -0.485 e. The van der Waals surface area contributed by atoms with Crippen molar-refractivity contribution in [1.29, 1.82) is 0 Å². The lowest BCUT2D eigenvalue weighted by Gasteiger charge is -2.18. The number of anilines is 1. The zero-order valence-electron chi connectivity index (χ0n) is 17.0. The number of hydrogen-bond acceptors (Lipinski definition) is 3. The second-order valence-electron chi connectivity index (χ2n) is 7.64. The maximum Gasteiger partial charge on any atom is 0.246 e. The van der Waals surface area contributed by atoms with Crippen molar-refractivity contribution in [1.82, 2.24) is 4.57 Å². The highest BCUT2D eigenvalue weighted by molar-refractivity contribution is 6.09. The van der Waals surface area contributed by atoms with Crippen molar-refractivity contribution in [2.45, 2.75) is 13.0 Å². The molecule has 3 aromatic carbocycles. The molecule has 0 aliphatic carbocycles. The Morgan fingerprint density at radius 3 is 2.48 bits per heavy atom. The van der Waals surface area contributed by atoms with Gasteiger partial charge in [-0.2, -0.15) is 0 Å². The Morgan fingerprint density at radius 1 is 0.871 bits per heavy atom. The molecule has 31 heavy (non-hydrogen) atoms. The molecule has 5 heteroatoms. The van der Waals surface area contributed by atoms with Gasteiger partial charge in [0.05, 0.1) is 0 Å². The number of fused-ring (bicyclic) bond motifs is 2. The first-order valence-corrected chi connectivity index (χ1v) is 10.4. The summed E-state index contributed by atoms with van der Waals surface area (Å²) in [5.74, 6) is 0.561. The van der Waals surface area contributed by atoms with Crippen LogP contribution in [0.25, 0.3) is 10.9 Å². The third-order valence-electron chi connectivity index (χ3n) is 5.70. The maximum absolute atomic E-state index is 13.1. The Labute approximate surface area is 180 Å². The van der Waals surface area contributed by atoms with E-state index < -0.39 is 0 Å². The molecule has 154 valence electrons. The molecule has 0 N–H and O–H groups in total. The van der Waals surface area contributed by atoms with Crippen LogP contribution in [0.4, 0.5) is 5.69 Å². The summed E-state index contributed by atoms with van der Waals surface area (Å²) >= 11 is 0. The summed E-state index contributed by atoms with van der Waals surface area (Å²) in [5, 5.41) is 0.832. The van der Waals surface area contributed by atoms with E-state index in [1.54, 1.807) is 6.20 Å². The van der Waals surface area contributed by atoms with Crippen molar-refractivity contribution in [3.05, 3.63) is 96.2 Å². The molecule has 2 heterocycles. The first kappa shape index (κ1) is 19.1. The molecule has 1 aliphatic rings. The van der Waals surface area contributed by atoms with E-state index in [0.717, 1.165) is 23.0 Å². The highest BCUT2D eigenvalue weighted by atomic mass is 16.5. The molecular formula is C26H22N2O3. The van der Waals surface area contributed by atoms with Gasteiger partial charge in [-0.3, -0.25) is 9.59 Å². The molecule has 1 amide bonds. The Hall–Kier alpha value is -3.86. The maximum atomic E-state index is 13.1. The van der Waals surface area contributed by atoms with Crippen LogP contribution >= 0.6 is 0 Å². The third-order valence-corrected chi connectivity index (χ3v) is 5.70. The molecule has 5 nitrogen and oxygen atoms in total. The molecule has 4 aromatic rings. The SMILES string of the molecule is O=C(COc1ccccc1)c1cn(CC(=O)N2CCc3ccccc32)c2ccccc12. The van der Waals surface area contributed by atoms with Crippen molar-refractivity contribution < 1.29 is 14.3 Å². The summed E-state index contributed by atoms with van der Waals surface area (Å²) in [6.45, 7) is 0.821. The van der Waals surface area contributed by atoms with Crippen molar-refractivity contribution in [2.75, 3.05) is 18.1 Å². The highest BCUT2D eigenvalue weighted by Gasteiger charge is 2.25. The van der Waals surface area contributed by atoms with Crippen molar-refractivity contribution in [2.24, 2.45) is 0 Å². The average molecular weight is 410 g/mol. The second-order valence-corrected chi connectivity index (χ2v) is 7.64. The molecular weight excluding hydrogens is 388 g/mol. The zero-order valence-corrected chi connectivity index (χ0v) is 17.0. The largest absolute Gasteiger partial charge is 0.485 e. The van der Waals surface area contributed by atoms with Crippen LogP contribution in [0, 0.1) is 0 Å². The van der Waals surface area contributed by atoms with Crippen molar-refractivity contribution >= 4 is 28.3 Å². The van der Waals surface area contributed by atoms with Crippen LogP contribution in [-0.4, -0.2) is 29.4 Å². The van der Waals surface area contributed by atoms with E-state index in [1.807, 2.05) is 82.3 Å². The van der Waals surface area contributed by atoms with Gasteiger partial charge in [-0.15, -0.1) is 0 Å². The lowest BCUT2D eigenvalue weighted by Crippen LogP contribution is -2.32. The van der Waals surface area contributed by atoms with E-state index in [4.69, 9.17) is 4.74 Å². The number of amides is 1. The fraction of sp³-hybridized carbons (Fsp3) is 0.154. The van der Waals surface area contributed by atoms with E-state index in [1.165, 1.54) is 5.56 Å². The standard InChI is InChI=1S/C26H22N2O3/c29-25(18-31-20-9-2-1-3-10-20)22-16-27(24-13-7-5-11-21(22)24)17-26(30)28-15-14-19-8-4-6-12-23(19)28/h1-13,16H,14-15,17-18H2. The van der Waals surface area contributed by atoms with Crippen LogP contribution in [-0.2, 0) is 17.8 Å². The topological polar surface area (TPSA) is 51.5 Å². The van der Waals surface area contributed by atoms with Gasteiger partial charge in [0.1, 0.15) is 12.3 Å². The van der Waals surface area contributed by atoms with Crippen LogP contribution in [0.1, 0.15) is 15.9 Å². The molecule has 0 unspecified atom stereocenters. The summed E-state index contributed by atoms with van der Waals surface area (Å²) < 4.78 is 7.52. The van der Waals surface area contributed by atoms with Gasteiger partial charge in [-0.1, -0.05) is 54.6 Å².